The highest BCUT2D eigenvalue weighted by Crippen LogP contribution is 2.27. The van der Waals surface area contributed by atoms with Crippen LogP contribution in [0, 0.1) is 11.8 Å². The molecule has 1 atom stereocenters. The number of carbonyl (C=O) groups excluding carboxylic acids is 2. The van der Waals surface area contributed by atoms with Crippen molar-refractivity contribution < 1.29 is 14.3 Å². The summed E-state index contributed by atoms with van der Waals surface area (Å²) in [5, 5.41) is 0. The van der Waals surface area contributed by atoms with Crippen LogP contribution in [0.5, 0.6) is 0 Å². The van der Waals surface area contributed by atoms with Gasteiger partial charge in [0.05, 0.1) is 13.0 Å². The molecule has 0 aromatic heterocycles. The molecular formula is C20H38N2O3. The Morgan fingerprint density at radius 1 is 1.08 bits per heavy atom. The van der Waals surface area contributed by atoms with Crippen LogP contribution in [0.4, 0.5) is 0 Å². The van der Waals surface area contributed by atoms with Crippen LogP contribution in [0.15, 0.2) is 0 Å². The second-order valence-corrected chi connectivity index (χ2v) is 7.33. The number of carbonyl (C=O) groups is 2. The average molecular weight is 355 g/mol. The fourth-order valence-corrected chi connectivity index (χ4v) is 3.69. The monoisotopic (exact) mass is 354 g/mol. The fourth-order valence-electron chi connectivity index (χ4n) is 3.69. The summed E-state index contributed by atoms with van der Waals surface area (Å²) in [5.41, 5.74) is 0. The lowest BCUT2D eigenvalue weighted by Gasteiger charge is -2.29. The third-order valence-electron chi connectivity index (χ3n) is 5.52. The van der Waals surface area contributed by atoms with E-state index in [1.165, 1.54) is 39.2 Å². The maximum absolute atomic E-state index is 12.8. The van der Waals surface area contributed by atoms with Gasteiger partial charge in [-0.15, -0.1) is 0 Å². The van der Waals surface area contributed by atoms with E-state index in [2.05, 4.69) is 18.7 Å². The van der Waals surface area contributed by atoms with Gasteiger partial charge in [0.25, 0.3) is 0 Å². The predicted molar refractivity (Wildman–Crippen MR) is 101 cm³/mol. The van der Waals surface area contributed by atoms with Gasteiger partial charge in [-0.1, -0.05) is 52.9 Å². The van der Waals surface area contributed by atoms with E-state index in [0.717, 1.165) is 26.1 Å². The third kappa shape index (κ3) is 8.21. The van der Waals surface area contributed by atoms with Crippen LogP contribution in [0.25, 0.3) is 0 Å². The zero-order valence-electron chi connectivity index (χ0n) is 16.8. The molecule has 0 N–H and O–H groups in total. The molecule has 0 heterocycles. The number of hydrogen-bond donors (Lipinski definition) is 0. The maximum atomic E-state index is 12.8. The molecule has 5 heteroatoms. The average Bonchev–Trinajstić information content (AvgIpc) is 2.65. The summed E-state index contributed by atoms with van der Waals surface area (Å²) in [6.07, 6.45) is 8.10. The van der Waals surface area contributed by atoms with Crippen molar-refractivity contribution in [2.24, 2.45) is 11.8 Å². The van der Waals surface area contributed by atoms with Crippen LogP contribution in [0.3, 0.4) is 0 Å². The van der Waals surface area contributed by atoms with Gasteiger partial charge in [0, 0.05) is 26.1 Å². The van der Waals surface area contributed by atoms with E-state index >= 15 is 0 Å². The van der Waals surface area contributed by atoms with Gasteiger partial charge in [0.15, 0.2) is 0 Å². The molecule has 0 aromatic carbocycles. The van der Waals surface area contributed by atoms with Crippen LogP contribution in [-0.4, -0.2) is 61.5 Å². The van der Waals surface area contributed by atoms with E-state index in [9.17, 15) is 9.59 Å². The van der Waals surface area contributed by atoms with Gasteiger partial charge in [-0.3, -0.25) is 9.59 Å². The lowest BCUT2D eigenvalue weighted by molar-refractivity contribution is -0.146. The molecule has 0 aromatic rings. The van der Waals surface area contributed by atoms with Gasteiger partial charge < -0.3 is 14.5 Å². The van der Waals surface area contributed by atoms with Crippen LogP contribution in [-0.2, 0) is 14.3 Å². The Kier molecular flexibility index (Phi) is 10.8. The first kappa shape index (κ1) is 21.9. The Labute approximate surface area is 154 Å². The molecule has 5 nitrogen and oxygen atoms in total. The van der Waals surface area contributed by atoms with E-state index in [1.807, 2.05) is 11.8 Å². The van der Waals surface area contributed by atoms with E-state index < -0.39 is 0 Å². The van der Waals surface area contributed by atoms with Crippen LogP contribution in [0.2, 0.25) is 0 Å². The van der Waals surface area contributed by atoms with Crippen molar-refractivity contribution in [1.29, 1.82) is 0 Å². The summed E-state index contributed by atoms with van der Waals surface area (Å²) < 4.78 is 4.83. The standard InChI is InChI=1S/C20H38N2O3/c1-5-21(6-2)14-15-22(16-17(3)20(24)25-4)19(23)13-12-18-10-8-7-9-11-18/h17-18H,5-16H2,1-4H3. The summed E-state index contributed by atoms with van der Waals surface area (Å²) >= 11 is 0. The van der Waals surface area contributed by atoms with Crippen LogP contribution >= 0.6 is 0 Å². The van der Waals surface area contributed by atoms with Crippen molar-refractivity contribution in [3.8, 4) is 0 Å². The number of esters is 1. The normalized spacial score (nSPS) is 16.7. The maximum Gasteiger partial charge on any atom is 0.310 e. The highest BCUT2D eigenvalue weighted by molar-refractivity contribution is 5.78. The van der Waals surface area contributed by atoms with Gasteiger partial charge >= 0.3 is 5.97 Å². The number of likely N-dealkylation sites (N-methyl/N-ethyl adjacent to an activating group) is 1. The van der Waals surface area contributed by atoms with Gasteiger partial charge in [0.2, 0.25) is 5.91 Å². The molecule has 1 aliphatic rings. The van der Waals surface area contributed by atoms with E-state index in [-0.39, 0.29) is 17.8 Å². The molecule has 1 rings (SSSR count). The number of nitrogens with zero attached hydrogens (tertiary/aromatic N) is 2. The Morgan fingerprint density at radius 3 is 2.28 bits per heavy atom. The van der Waals surface area contributed by atoms with Gasteiger partial charge in [-0.2, -0.15) is 0 Å². The highest BCUT2D eigenvalue weighted by Gasteiger charge is 2.23. The molecule has 0 aliphatic heterocycles. The quantitative estimate of drug-likeness (QED) is 0.534. The smallest absolute Gasteiger partial charge is 0.310 e. The first-order valence-electron chi connectivity index (χ1n) is 10.1. The summed E-state index contributed by atoms with van der Waals surface area (Å²) in [7, 11) is 1.41. The van der Waals surface area contributed by atoms with Crippen molar-refractivity contribution in [1.82, 2.24) is 9.80 Å². The topological polar surface area (TPSA) is 49.9 Å². The first-order valence-corrected chi connectivity index (χ1v) is 10.1. The first-order chi connectivity index (χ1) is 12.0. The minimum absolute atomic E-state index is 0.188. The summed E-state index contributed by atoms with van der Waals surface area (Å²) in [5.74, 6) is 0.377. The molecule has 25 heavy (non-hydrogen) atoms. The molecule has 1 saturated carbocycles. The molecule has 1 unspecified atom stereocenters. The van der Waals surface area contributed by atoms with Crippen LogP contribution in [0.1, 0.15) is 65.7 Å². The van der Waals surface area contributed by atoms with Gasteiger partial charge in [-0.05, 0) is 25.4 Å². The number of methoxy groups -OCH3 is 1. The van der Waals surface area contributed by atoms with Crippen molar-refractivity contribution in [3.63, 3.8) is 0 Å². The second-order valence-electron chi connectivity index (χ2n) is 7.33. The molecule has 1 fully saturated rings. The largest absolute Gasteiger partial charge is 0.469 e. The third-order valence-corrected chi connectivity index (χ3v) is 5.52. The van der Waals surface area contributed by atoms with E-state index in [4.69, 9.17) is 4.74 Å². The number of ether oxygens (including phenoxy) is 1. The number of hydrogen-bond acceptors (Lipinski definition) is 4. The molecule has 0 saturated heterocycles. The number of rotatable bonds is 11. The summed E-state index contributed by atoms with van der Waals surface area (Å²) in [4.78, 5) is 28.7. The molecule has 1 amide bonds. The Bertz CT molecular complexity index is 390. The molecule has 0 radical (unpaired) electrons. The van der Waals surface area contributed by atoms with Gasteiger partial charge in [-0.25, -0.2) is 0 Å². The van der Waals surface area contributed by atoms with Crippen molar-refractivity contribution >= 4 is 11.9 Å². The summed E-state index contributed by atoms with van der Waals surface area (Å²) in [6.45, 7) is 10.1. The van der Waals surface area contributed by atoms with E-state index in [1.54, 1.807) is 0 Å². The molecule has 0 spiro atoms. The SMILES string of the molecule is CCN(CC)CCN(CC(C)C(=O)OC)C(=O)CCC1CCCCC1. The Morgan fingerprint density at radius 2 is 1.72 bits per heavy atom. The lowest BCUT2D eigenvalue weighted by Crippen LogP contribution is -2.42. The molecule has 0 bridgehead atoms. The summed E-state index contributed by atoms with van der Waals surface area (Å²) in [6, 6.07) is 0. The zero-order valence-corrected chi connectivity index (χ0v) is 16.8. The zero-order chi connectivity index (χ0) is 18.7. The molecular weight excluding hydrogens is 316 g/mol. The lowest BCUT2D eigenvalue weighted by atomic mass is 9.86. The predicted octanol–water partition coefficient (Wildman–Crippen LogP) is 3.33. The van der Waals surface area contributed by atoms with Crippen molar-refractivity contribution in [3.05, 3.63) is 0 Å². The minimum atomic E-state index is -0.277. The van der Waals surface area contributed by atoms with Crippen molar-refractivity contribution in [2.75, 3.05) is 39.8 Å². The van der Waals surface area contributed by atoms with E-state index in [0.29, 0.717) is 25.4 Å². The molecule has 1 aliphatic carbocycles. The van der Waals surface area contributed by atoms with Gasteiger partial charge in [0.1, 0.15) is 0 Å². The van der Waals surface area contributed by atoms with Crippen molar-refractivity contribution in [2.45, 2.75) is 65.7 Å². The highest BCUT2D eigenvalue weighted by atomic mass is 16.5. The number of amides is 1. The Balaban J connectivity index is 2.56. The van der Waals surface area contributed by atoms with Crippen LogP contribution < -0.4 is 0 Å². The Hall–Kier alpha value is -1.10. The molecule has 146 valence electrons. The second kappa shape index (κ2) is 12.3. The fraction of sp³-hybridized carbons (Fsp3) is 0.900. The minimum Gasteiger partial charge on any atom is -0.469 e.